The maximum atomic E-state index is 13.3. The molecule has 0 radical (unpaired) electrons. The summed E-state index contributed by atoms with van der Waals surface area (Å²) in [6.45, 7) is 4.81. The molecule has 0 unspecified atom stereocenters. The fraction of sp³-hybridized carbons (Fsp3) is 0.733. The van der Waals surface area contributed by atoms with Crippen LogP contribution in [0.15, 0.2) is 11.6 Å². The number of likely N-dealkylation sites (tertiary alicyclic amines) is 2. The number of hydrogen-bond donors (Lipinski definition) is 0. The summed E-state index contributed by atoms with van der Waals surface area (Å²) in [6.07, 6.45) is 3.26. The molecule has 0 N–H and O–H groups in total. The summed E-state index contributed by atoms with van der Waals surface area (Å²) in [5.41, 5.74) is -0.683. The van der Waals surface area contributed by atoms with Crippen LogP contribution in [-0.4, -0.2) is 53.3 Å². The maximum absolute atomic E-state index is 13.3. The zero-order valence-electron chi connectivity index (χ0n) is 12.5. The first kappa shape index (κ1) is 15.9. The van der Waals surface area contributed by atoms with Crippen LogP contribution in [0.3, 0.4) is 0 Å². The van der Waals surface area contributed by atoms with E-state index in [-0.39, 0.29) is 31.0 Å². The highest BCUT2D eigenvalue weighted by Crippen LogP contribution is 2.33. The Morgan fingerprint density at radius 2 is 1.90 bits per heavy atom. The lowest BCUT2D eigenvalue weighted by Crippen LogP contribution is -2.43. The van der Waals surface area contributed by atoms with Crippen LogP contribution < -0.4 is 0 Å². The van der Waals surface area contributed by atoms with E-state index < -0.39 is 11.5 Å². The fourth-order valence-corrected chi connectivity index (χ4v) is 2.90. The van der Waals surface area contributed by atoms with E-state index in [1.807, 2.05) is 6.07 Å². The van der Waals surface area contributed by atoms with Gasteiger partial charge in [-0.05, 0) is 32.8 Å². The van der Waals surface area contributed by atoms with Crippen LogP contribution in [-0.2, 0) is 4.79 Å². The summed E-state index contributed by atoms with van der Waals surface area (Å²) in [6, 6.07) is 1.93. The van der Waals surface area contributed by atoms with Crippen LogP contribution in [0, 0.1) is 11.3 Å². The highest BCUT2D eigenvalue weighted by atomic mass is 19.3. The lowest BCUT2D eigenvalue weighted by atomic mass is 9.99. The summed E-state index contributed by atoms with van der Waals surface area (Å²) in [5, 5.41) is 9.23. The maximum Gasteiger partial charge on any atom is 0.264 e. The van der Waals surface area contributed by atoms with Crippen molar-refractivity contribution in [3.8, 4) is 6.07 Å². The molecule has 0 aromatic heterocycles. The van der Waals surface area contributed by atoms with Crippen LogP contribution in [0.5, 0.6) is 0 Å². The van der Waals surface area contributed by atoms with E-state index in [9.17, 15) is 18.8 Å². The summed E-state index contributed by atoms with van der Waals surface area (Å²) in [4.78, 5) is 15.5. The Morgan fingerprint density at radius 3 is 2.38 bits per heavy atom. The minimum Gasteiger partial charge on any atom is -0.338 e. The zero-order valence-corrected chi connectivity index (χ0v) is 12.5. The molecule has 2 aliphatic rings. The molecule has 0 spiro atoms. The fourth-order valence-electron chi connectivity index (χ4n) is 2.90. The van der Waals surface area contributed by atoms with Crippen molar-refractivity contribution in [2.24, 2.45) is 0 Å². The summed E-state index contributed by atoms with van der Waals surface area (Å²) < 4.78 is 26.7. The predicted molar refractivity (Wildman–Crippen MR) is 74.7 cm³/mol. The summed E-state index contributed by atoms with van der Waals surface area (Å²) >= 11 is 0. The van der Waals surface area contributed by atoms with Gasteiger partial charge in [-0.1, -0.05) is 0 Å². The zero-order chi connectivity index (χ0) is 15.7. The second-order valence-electron chi connectivity index (χ2n) is 6.35. The molecule has 2 rings (SSSR count). The number of rotatable bonds is 3. The average molecular weight is 297 g/mol. The summed E-state index contributed by atoms with van der Waals surface area (Å²) in [7, 11) is 0. The van der Waals surface area contributed by atoms with E-state index in [4.69, 9.17) is 0 Å². The molecule has 0 aromatic rings. The van der Waals surface area contributed by atoms with Gasteiger partial charge in [0.05, 0.1) is 6.54 Å². The van der Waals surface area contributed by atoms with Crippen molar-refractivity contribution < 1.29 is 13.6 Å². The van der Waals surface area contributed by atoms with Crippen molar-refractivity contribution in [2.75, 3.05) is 26.2 Å². The Morgan fingerprint density at radius 1 is 1.29 bits per heavy atom. The van der Waals surface area contributed by atoms with Gasteiger partial charge in [0.25, 0.3) is 11.8 Å². The number of carbonyl (C=O) groups is 1. The number of alkyl halides is 2. The Balaban J connectivity index is 2.14. The minimum absolute atomic E-state index is 0.0529. The van der Waals surface area contributed by atoms with Gasteiger partial charge in [0.15, 0.2) is 0 Å². The number of hydrogen-bond acceptors (Lipinski definition) is 3. The number of nitrogens with zero attached hydrogens (tertiary/aromatic N) is 3. The van der Waals surface area contributed by atoms with Gasteiger partial charge in [0.2, 0.25) is 0 Å². The van der Waals surface area contributed by atoms with Crippen LogP contribution >= 0.6 is 0 Å². The molecule has 0 atom stereocenters. The molecule has 1 amide bonds. The van der Waals surface area contributed by atoms with Gasteiger partial charge in [-0.3, -0.25) is 9.69 Å². The van der Waals surface area contributed by atoms with Crippen molar-refractivity contribution in [1.29, 1.82) is 5.26 Å². The topological polar surface area (TPSA) is 47.3 Å². The molecule has 116 valence electrons. The van der Waals surface area contributed by atoms with E-state index in [1.54, 1.807) is 23.6 Å². The normalized spacial score (nSPS) is 23.4. The van der Waals surface area contributed by atoms with Gasteiger partial charge < -0.3 is 4.90 Å². The molecule has 0 saturated carbocycles. The lowest BCUT2D eigenvalue weighted by Gasteiger charge is -2.33. The molecule has 4 nitrogen and oxygen atoms in total. The van der Waals surface area contributed by atoms with Crippen LogP contribution in [0.1, 0.15) is 33.1 Å². The molecule has 0 aromatic carbocycles. The minimum atomic E-state index is -2.68. The lowest BCUT2D eigenvalue weighted by molar-refractivity contribution is -0.125. The Labute approximate surface area is 124 Å². The predicted octanol–water partition coefficient (Wildman–Crippen LogP) is 2.18. The van der Waals surface area contributed by atoms with Gasteiger partial charge in [0, 0.05) is 31.6 Å². The number of nitriles is 1. The van der Waals surface area contributed by atoms with Crippen LogP contribution in [0.2, 0.25) is 0 Å². The molecule has 2 aliphatic heterocycles. The van der Waals surface area contributed by atoms with Crippen molar-refractivity contribution in [1.82, 2.24) is 9.80 Å². The van der Waals surface area contributed by atoms with E-state index in [0.29, 0.717) is 13.1 Å². The third-order valence-electron chi connectivity index (χ3n) is 4.23. The monoisotopic (exact) mass is 297 g/mol. The van der Waals surface area contributed by atoms with Crippen LogP contribution in [0.25, 0.3) is 0 Å². The third kappa shape index (κ3) is 3.59. The molecule has 0 bridgehead atoms. The Bertz CT molecular complexity index is 488. The van der Waals surface area contributed by atoms with E-state index >= 15 is 0 Å². The Kier molecular flexibility index (Phi) is 4.33. The Hall–Kier alpha value is -1.48. The summed E-state index contributed by atoms with van der Waals surface area (Å²) in [5.74, 6) is -2.97. The van der Waals surface area contributed by atoms with Gasteiger partial charge in [0.1, 0.15) is 11.6 Å². The standard InChI is InChI=1S/C15H21F2N3O/c1-14(2,20-8-5-15(16,17)11-20)9-12(10-18)13(21)19-6-3-4-7-19/h9H,3-8,11H2,1-2H3. The highest BCUT2D eigenvalue weighted by molar-refractivity contribution is 5.97. The van der Waals surface area contributed by atoms with Crippen LogP contribution in [0.4, 0.5) is 8.78 Å². The van der Waals surface area contributed by atoms with Gasteiger partial charge >= 0.3 is 0 Å². The van der Waals surface area contributed by atoms with Crippen molar-refractivity contribution in [2.45, 2.75) is 44.6 Å². The SMILES string of the molecule is CC(C)(C=C(C#N)C(=O)N1CCCC1)N1CCC(F)(F)C1. The molecule has 6 heteroatoms. The van der Waals surface area contributed by atoms with E-state index in [2.05, 4.69) is 0 Å². The smallest absolute Gasteiger partial charge is 0.264 e. The number of carbonyl (C=O) groups excluding carboxylic acids is 1. The van der Waals surface area contributed by atoms with Crippen molar-refractivity contribution >= 4 is 5.91 Å². The number of halogens is 2. The third-order valence-corrected chi connectivity index (χ3v) is 4.23. The first-order valence-electron chi connectivity index (χ1n) is 7.30. The first-order valence-corrected chi connectivity index (χ1v) is 7.30. The molecule has 2 heterocycles. The number of amides is 1. The van der Waals surface area contributed by atoms with Gasteiger partial charge in [-0.15, -0.1) is 0 Å². The molecule has 21 heavy (non-hydrogen) atoms. The quantitative estimate of drug-likeness (QED) is 0.592. The molecule has 2 fully saturated rings. The second kappa shape index (κ2) is 5.72. The highest BCUT2D eigenvalue weighted by Gasteiger charge is 2.43. The largest absolute Gasteiger partial charge is 0.338 e. The molecular weight excluding hydrogens is 276 g/mol. The average Bonchev–Trinajstić information content (AvgIpc) is 3.04. The van der Waals surface area contributed by atoms with Crippen molar-refractivity contribution in [3.05, 3.63) is 11.6 Å². The van der Waals surface area contributed by atoms with Gasteiger partial charge in [-0.25, -0.2) is 8.78 Å². The van der Waals surface area contributed by atoms with E-state index in [0.717, 1.165) is 12.8 Å². The van der Waals surface area contributed by atoms with E-state index in [1.165, 1.54) is 6.08 Å². The molecular formula is C15H21F2N3O. The second-order valence-corrected chi connectivity index (χ2v) is 6.35. The van der Waals surface area contributed by atoms with Gasteiger partial charge in [-0.2, -0.15) is 5.26 Å². The molecule has 2 saturated heterocycles. The first-order chi connectivity index (χ1) is 9.75. The van der Waals surface area contributed by atoms with Crippen molar-refractivity contribution in [3.63, 3.8) is 0 Å². The molecule has 0 aliphatic carbocycles.